The van der Waals surface area contributed by atoms with E-state index in [0.717, 1.165) is 0 Å². The van der Waals surface area contributed by atoms with Crippen molar-refractivity contribution < 1.29 is 0 Å². The molecule has 1 nitrogen and oxygen atoms in total. The van der Waals surface area contributed by atoms with Gasteiger partial charge in [-0.3, -0.25) is 4.31 Å². The Kier molecular flexibility index (Phi) is 9.64. The van der Waals surface area contributed by atoms with E-state index >= 15 is 0 Å². The van der Waals surface area contributed by atoms with Crippen LogP contribution in [0.1, 0.15) is 46.5 Å². The van der Waals surface area contributed by atoms with Crippen LogP contribution in [0, 0.1) is 0 Å². The zero-order chi connectivity index (χ0) is 9.23. The standard InChI is InChI=1S/C10H23NS/c1-4-7-8-9-11(6-3)12-10-5-2/h4-10H2,1-3H3. The lowest BCUT2D eigenvalue weighted by Crippen LogP contribution is -2.16. The Morgan fingerprint density at radius 2 is 1.75 bits per heavy atom. The van der Waals surface area contributed by atoms with Gasteiger partial charge in [-0.2, -0.15) is 0 Å². The molecule has 0 aliphatic rings. The summed E-state index contributed by atoms with van der Waals surface area (Å²) in [4.78, 5) is 0. The van der Waals surface area contributed by atoms with Crippen LogP contribution in [-0.2, 0) is 0 Å². The second-order valence-electron chi connectivity index (χ2n) is 3.06. The largest absolute Gasteiger partial charge is 0.251 e. The highest BCUT2D eigenvalue weighted by atomic mass is 32.2. The van der Waals surface area contributed by atoms with E-state index < -0.39 is 0 Å². The van der Waals surface area contributed by atoms with E-state index in [0.29, 0.717) is 0 Å². The van der Waals surface area contributed by atoms with Gasteiger partial charge >= 0.3 is 0 Å². The Hall–Kier alpha value is 0.310. The third kappa shape index (κ3) is 6.99. The highest BCUT2D eigenvalue weighted by Gasteiger charge is 2.00. The molecule has 0 amide bonds. The van der Waals surface area contributed by atoms with Gasteiger partial charge in [-0.15, -0.1) is 0 Å². The van der Waals surface area contributed by atoms with Crippen molar-refractivity contribution in [1.29, 1.82) is 0 Å². The molecule has 2 heteroatoms. The fourth-order valence-corrected chi connectivity index (χ4v) is 1.95. The SMILES string of the molecule is CCCCCN(CC)SCCC. The second kappa shape index (κ2) is 9.40. The average Bonchev–Trinajstić information content (AvgIpc) is 2.11. The Morgan fingerprint density at radius 1 is 1.00 bits per heavy atom. The summed E-state index contributed by atoms with van der Waals surface area (Å²) in [5.41, 5.74) is 0. The molecule has 0 unspecified atom stereocenters. The molecule has 0 saturated heterocycles. The molecule has 0 saturated carbocycles. The van der Waals surface area contributed by atoms with Crippen molar-refractivity contribution in [3.63, 3.8) is 0 Å². The molecular weight excluding hydrogens is 166 g/mol. The first-order valence-corrected chi connectivity index (χ1v) is 6.17. The van der Waals surface area contributed by atoms with Crippen molar-refractivity contribution in [3.05, 3.63) is 0 Å². The van der Waals surface area contributed by atoms with Crippen LogP contribution in [-0.4, -0.2) is 23.1 Å². The van der Waals surface area contributed by atoms with Crippen LogP contribution in [0.4, 0.5) is 0 Å². The maximum absolute atomic E-state index is 2.49. The van der Waals surface area contributed by atoms with Crippen molar-refractivity contribution >= 4 is 11.9 Å². The summed E-state index contributed by atoms with van der Waals surface area (Å²) in [5.74, 6) is 1.28. The van der Waals surface area contributed by atoms with Crippen LogP contribution < -0.4 is 0 Å². The van der Waals surface area contributed by atoms with Gasteiger partial charge in [0.05, 0.1) is 0 Å². The molecule has 0 bridgehead atoms. The predicted molar refractivity (Wildman–Crippen MR) is 59.5 cm³/mol. The molecule has 0 aromatic carbocycles. The number of hydrogen-bond donors (Lipinski definition) is 0. The van der Waals surface area contributed by atoms with E-state index in [9.17, 15) is 0 Å². The van der Waals surface area contributed by atoms with Gasteiger partial charge < -0.3 is 0 Å². The van der Waals surface area contributed by atoms with Crippen molar-refractivity contribution in [3.8, 4) is 0 Å². The van der Waals surface area contributed by atoms with Gasteiger partial charge in [0.15, 0.2) is 0 Å². The summed E-state index contributed by atoms with van der Waals surface area (Å²) in [6, 6.07) is 0. The number of nitrogens with zero attached hydrogens (tertiary/aromatic N) is 1. The average molecular weight is 189 g/mol. The normalized spacial score (nSPS) is 11.0. The van der Waals surface area contributed by atoms with Crippen LogP contribution in [0.15, 0.2) is 0 Å². The molecule has 0 fully saturated rings. The molecule has 0 aromatic heterocycles. The lowest BCUT2D eigenvalue weighted by atomic mass is 10.2. The minimum Gasteiger partial charge on any atom is -0.251 e. The van der Waals surface area contributed by atoms with Gasteiger partial charge in [0.25, 0.3) is 0 Å². The van der Waals surface area contributed by atoms with Gasteiger partial charge in [0.1, 0.15) is 0 Å². The molecular formula is C10H23NS. The van der Waals surface area contributed by atoms with Gasteiger partial charge in [-0.05, 0) is 12.8 Å². The van der Waals surface area contributed by atoms with Gasteiger partial charge in [-0.25, -0.2) is 0 Å². The molecule has 0 aliphatic carbocycles. The minimum absolute atomic E-state index is 1.19. The molecule has 0 rings (SSSR count). The maximum atomic E-state index is 2.49. The summed E-state index contributed by atoms with van der Waals surface area (Å²) < 4.78 is 2.49. The van der Waals surface area contributed by atoms with Crippen LogP contribution in [0.25, 0.3) is 0 Å². The Balaban J connectivity index is 3.26. The molecule has 0 N–H and O–H groups in total. The van der Waals surface area contributed by atoms with E-state index in [1.54, 1.807) is 0 Å². The Bertz CT molecular complexity index is 85.9. The van der Waals surface area contributed by atoms with E-state index in [2.05, 4.69) is 25.1 Å². The minimum atomic E-state index is 1.19. The monoisotopic (exact) mass is 189 g/mol. The van der Waals surface area contributed by atoms with Crippen LogP contribution in [0.2, 0.25) is 0 Å². The second-order valence-corrected chi connectivity index (χ2v) is 4.24. The predicted octanol–water partition coefficient (Wildman–Crippen LogP) is 3.56. The van der Waals surface area contributed by atoms with E-state index in [1.807, 2.05) is 11.9 Å². The van der Waals surface area contributed by atoms with Crippen LogP contribution in [0.3, 0.4) is 0 Å². The topological polar surface area (TPSA) is 3.24 Å². The molecule has 0 radical (unpaired) electrons. The van der Waals surface area contributed by atoms with E-state index in [4.69, 9.17) is 0 Å². The number of unbranched alkanes of at least 4 members (excludes halogenated alkanes) is 2. The first-order chi connectivity index (χ1) is 5.85. The van der Waals surface area contributed by atoms with Gasteiger partial charge in [0.2, 0.25) is 0 Å². The molecule has 0 aromatic rings. The summed E-state index contributed by atoms with van der Waals surface area (Å²) in [5, 5.41) is 0. The Labute approximate surface area is 82.0 Å². The highest BCUT2D eigenvalue weighted by Crippen LogP contribution is 2.11. The molecule has 0 heterocycles. The fourth-order valence-electron chi connectivity index (χ4n) is 1.07. The smallest absolute Gasteiger partial charge is 0.00892 e. The number of rotatable bonds is 8. The van der Waals surface area contributed by atoms with Crippen molar-refractivity contribution in [2.45, 2.75) is 46.5 Å². The fraction of sp³-hybridized carbons (Fsp3) is 1.00. The van der Waals surface area contributed by atoms with Gasteiger partial charge in [0, 0.05) is 18.8 Å². The molecule has 0 aliphatic heterocycles. The van der Waals surface area contributed by atoms with Crippen LogP contribution >= 0.6 is 11.9 Å². The zero-order valence-corrected chi connectivity index (χ0v) is 9.62. The third-order valence-corrected chi connectivity index (χ3v) is 3.24. The van der Waals surface area contributed by atoms with Crippen molar-refractivity contribution in [2.24, 2.45) is 0 Å². The summed E-state index contributed by atoms with van der Waals surface area (Å²) in [6.45, 7) is 9.21. The van der Waals surface area contributed by atoms with E-state index in [1.165, 1.54) is 44.5 Å². The first kappa shape index (κ1) is 12.3. The maximum Gasteiger partial charge on any atom is 0.00892 e. The van der Waals surface area contributed by atoms with Crippen molar-refractivity contribution in [1.82, 2.24) is 4.31 Å². The summed E-state index contributed by atoms with van der Waals surface area (Å²) >= 11 is 2.01. The molecule has 0 atom stereocenters. The van der Waals surface area contributed by atoms with Crippen LogP contribution in [0.5, 0.6) is 0 Å². The lowest BCUT2D eigenvalue weighted by Gasteiger charge is -2.18. The quantitative estimate of drug-likeness (QED) is 0.424. The lowest BCUT2D eigenvalue weighted by molar-refractivity contribution is 0.471. The Morgan fingerprint density at radius 3 is 2.25 bits per heavy atom. The highest BCUT2D eigenvalue weighted by molar-refractivity contribution is 7.97. The summed E-state index contributed by atoms with van der Waals surface area (Å²) in [7, 11) is 0. The van der Waals surface area contributed by atoms with E-state index in [-0.39, 0.29) is 0 Å². The molecule has 74 valence electrons. The number of hydrogen-bond acceptors (Lipinski definition) is 2. The van der Waals surface area contributed by atoms with Crippen molar-refractivity contribution in [2.75, 3.05) is 18.8 Å². The summed E-state index contributed by atoms with van der Waals surface area (Å²) in [6.07, 6.45) is 5.36. The molecule has 12 heavy (non-hydrogen) atoms. The third-order valence-electron chi connectivity index (χ3n) is 1.84. The van der Waals surface area contributed by atoms with Gasteiger partial charge in [-0.1, -0.05) is 45.6 Å². The first-order valence-electron chi connectivity index (χ1n) is 5.23. The zero-order valence-electron chi connectivity index (χ0n) is 8.81. The molecule has 0 spiro atoms.